The lowest BCUT2D eigenvalue weighted by molar-refractivity contribution is 1.53. The van der Waals surface area contributed by atoms with Crippen molar-refractivity contribution in [2.45, 2.75) is 6.92 Å². The number of hydrogen-bond donors (Lipinski definition) is 1. The summed E-state index contributed by atoms with van der Waals surface area (Å²) in [4.78, 5) is 0. The maximum Gasteiger partial charge on any atom is 0.0938 e. The van der Waals surface area contributed by atoms with Gasteiger partial charge in [-0.25, -0.2) is 0 Å². The van der Waals surface area contributed by atoms with Crippen LogP contribution in [0.4, 0.5) is 5.00 Å². The van der Waals surface area contributed by atoms with E-state index in [1.54, 1.807) is 11.3 Å². The second-order valence-corrected chi connectivity index (χ2v) is 3.94. The van der Waals surface area contributed by atoms with Crippen molar-refractivity contribution in [2.24, 2.45) is 0 Å². The predicted octanol–water partition coefficient (Wildman–Crippen LogP) is 3.31. The molecule has 0 bridgehead atoms. The highest BCUT2D eigenvalue weighted by molar-refractivity contribution is 7.14. The summed E-state index contributed by atoms with van der Waals surface area (Å²) in [6, 6.07) is 10.3. The summed E-state index contributed by atoms with van der Waals surface area (Å²) in [5.74, 6) is 0. The average Bonchev–Trinajstić information content (AvgIpc) is 2.48. The molecule has 2 aromatic rings. The van der Waals surface area contributed by atoms with E-state index in [1.165, 1.54) is 16.7 Å². The third kappa shape index (κ3) is 1.45. The van der Waals surface area contributed by atoms with Gasteiger partial charge in [-0.05, 0) is 23.4 Å². The number of anilines is 1. The molecule has 0 radical (unpaired) electrons. The Kier molecular flexibility index (Phi) is 2.07. The van der Waals surface area contributed by atoms with E-state index in [-0.39, 0.29) is 0 Å². The quantitative estimate of drug-likeness (QED) is 0.731. The number of benzene rings is 1. The zero-order chi connectivity index (χ0) is 9.26. The van der Waals surface area contributed by atoms with Crippen LogP contribution in [0.15, 0.2) is 35.7 Å². The minimum absolute atomic E-state index is 0.906. The van der Waals surface area contributed by atoms with Crippen molar-refractivity contribution < 1.29 is 0 Å². The minimum atomic E-state index is 0.906. The summed E-state index contributed by atoms with van der Waals surface area (Å²) in [7, 11) is 0. The molecule has 2 rings (SSSR count). The monoisotopic (exact) mass is 189 g/mol. The molecule has 2 N–H and O–H groups in total. The van der Waals surface area contributed by atoms with Gasteiger partial charge in [0.15, 0.2) is 0 Å². The third-order valence-electron chi connectivity index (χ3n) is 2.07. The molecule has 0 aliphatic carbocycles. The number of hydrogen-bond acceptors (Lipinski definition) is 2. The predicted molar refractivity (Wildman–Crippen MR) is 58.9 cm³/mol. The van der Waals surface area contributed by atoms with E-state index in [1.807, 2.05) is 18.2 Å². The standard InChI is InChI=1S/C11H11NS/c1-8-7-13-11(12)10(8)9-5-3-2-4-6-9/h2-7H,12H2,1H3. The molecule has 0 fully saturated rings. The fourth-order valence-corrected chi connectivity index (χ4v) is 2.26. The van der Waals surface area contributed by atoms with Crippen LogP contribution in [0.5, 0.6) is 0 Å². The van der Waals surface area contributed by atoms with E-state index in [9.17, 15) is 0 Å². The van der Waals surface area contributed by atoms with E-state index in [2.05, 4.69) is 24.4 Å². The smallest absolute Gasteiger partial charge is 0.0938 e. The lowest BCUT2D eigenvalue weighted by Crippen LogP contribution is -1.84. The van der Waals surface area contributed by atoms with Crippen molar-refractivity contribution in [1.82, 2.24) is 0 Å². The Hall–Kier alpha value is -1.28. The van der Waals surface area contributed by atoms with E-state index < -0.39 is 0 Å². The Bertz CT molecular complexity index is 384. The Balaban J connectivity index is 2.59. The Morgan fingerprint density at radius 1 is 1.15 bits per heavy atom. The molecule has 0 saturated carbocycles. The first-order valence-electron chi connectivity index (χ1n) is 4.18. The normalized spacial score (nSPS) is 10.2. The molecular weight excluding hydrogens is 178 g/mol. The van der Waals surface area contributed by atoms with Crippen LogP contribution in [-0.2, 0) is 0 Å². The van der Waals surface area contributed by atoms with Gasteiger partial charge in [-0.1, -0.05) is 30.3 Å². The highest BCUT2D eigenvalue weighted by atomic mass is 32.1. The van der Waals surface area contributed by atoms with Crippen molar-refractivity contribution in [1.29, 1.82) is 0 Å². The average molecular weight is 189 g/mol. The summed E-state index contributed by atoms with van der Waals surface area (Å²) in [5, 5.41) is 3.00. The molecule has 2 heteroatoms. The lowest BCUT2D eigenvalue weighted by Gasteiger charge is -2.01. The first kappa shape index (κ1) is 8.32. The van der Waals surface area contributed by atoms with E-state index in [0.717, 1.165) is 5.00 Å². The van der Waals surface area contributed by atoms with Gasteiger partial charge in [0, 0.05) is 5.56 Å². The van der Waals surface area contributed by atoms with Crippen LogP contribution in [0.25, 0.3) is 11.1 Å². The molecule has 0 saturated heterocycles. The zero-order valence-electron chi connectivity index (χ0n) is 7.45. The number of aryl methyl sites for hydroxylation is 1. The van der Waals surface area contributed by atoms with Crippen LogP contribution in [0.2, 0.25) is 0 Å². The van der Waals surface area contributed by atoms with Crippen LogP contribution >= 0.6 is 11.3 Å². The second-order valence-electron chi connectivity index (χ2n) is 3.02. The maximum absolute atomic E-state index is 5.89. The minimum Gasteiger partial charge on any atom is -0.390 e. The van der Waals surface area contributed by atoms with Gasteiger partial charge in [0.05, 0.1) is 5.00 Å². The maximum atomic E-state index is 5.89. The van der Waals surface area contributed by atoms with Crippen LogP contribution in [0.3, 0.4) is 0 Å². The van der Waals surface area contributed by atoms with E-state index in [0.29, 0.717) is 0 Å². The first-order chi connectivity index (χ1) is 6.29. The Morgan fingerprint density at radius 2 is 1.85 bits per heavy atom. The molecule has 1 aromatic heterocycles. The molecule has 1 nitrogen and oxygen atoms in total. The van der Waals surface area contributed by atoms with Gasteiger partial charge in [0.25, 0.3) is 0 Å². The van der Waals surface area contributed by atoms with Crippen LogP contribution in [-0.4, -0.2) is 0 Å². The molecule has 66 valence electrons. The second kappa shape index (κ2) is 3.23. The summed E-state index contributed by atoms with van der Waals surface area (Å²) >= 11 is 1.60. The van der Waals surface area contributed by atoms with E-state index >= 15 is 0 Å². The zero-order valence-corrected chi connectivity index (χ0v) is 8.27. The molecule has 13 heavy (non-hydrogen) atoms. The Morgan fingerprint density at radius 3 is 2.38 bits per heavy atom. The Labute approximate surface area is 81.8 Å². The van der Waals surface area contributed by atoms with Crippen LogP contribution in [0.1, 0.15) is 5.56 Å². The number of nitrogens with two attached hydrogens (primary N) is 1. The summed E-state index contributed by atoms with van der Waals surface area (Å²) < 4.78 is 0. The molecule has 0 aliphatic heterocycles. The highest BCUT2D eigenvalue weighted by Gasteiger charge is 2.06. The van der Waals surface area contributed by atoms with Crippen molar-refractivity contribution in [3.63, 3.8) is 0 Å². The largest absolute Gasteiger partial charge is 0.390 e. The number of thiophene rings is 1. The SMILES string of the molecule is Cc1csc(N)c1-c1ccccc1. The molecular formula is C11H11NS. The first-order valence-corrected chi connectivity index (χ1v) is 5.06. The summed E-state index contributed by atoms with van der Waals surface area (Å²) in [5.41, 5.74) is 9.54. The third-order valence-corrected chi connectivity index (χ3v) is 3.00. The summed E-state index contributed by atoms with van der Waals surface area (Å²) in [6.07, 6.45) is 0. The van der Waals surface area contributed by atoms with Crippen molar-refractivity contribution in [3.05, 3.63) is 41.3 Å². The molecule has 1 aromatic carbocycles. The van der Waals surface area contributed by atoms with Gasteiger partial charge in [-0.15, -0.1) is 11.3 Å². The van der Waals surface area contributed by atoms with Crippen molar-refractivity contribution in [2.75, 3.05) is 5.73 Å². The molecule has 0 spiro atoms. The van der Waals surface area contributed by atoms with Gasteiger partial charge in [-0.3, -0.25) is 0 Å². The molecule has 0 aliphatic rings. The topological polar surface area (TPSA) is 26.0 Å². The number of rotatable bonds is 1. The van der Waals surface area contributed by atoms with Crippen LogP contribution in [0, 0.1) is 6.92 Å². The van der Waals surface area contributed by atoms with Crippen molar-refractivity contribution >= 4 is 16.3 Å². The molecule has 0 atom stereocenters. The fraction of sp³-hybridized carbons (Fsp3) is 0.0909. The van der Waals surface area contributed by atoms with Gasteiger partial charge in [-0.2, -0.15) is 0 Å². The van der Waals surface area contributed by atoms with E-state index in [4.69, 9.17) is 5.73 Å². The van der Waals surface area contributed by atoms with Crippen LogP contribution < -0.4 is 5.73 Å². The highest BCUT2D eigenvalue weighted by Crippen LogP contribution is 2.34. The lowest BCUT2D eigenvalue weighted by atomic mass is 10.1. The molecule has 0 unspecified atom stereocenters. The summed E-state index contributed by atoms with van der Waals surface area (Å²) in [6.45, 7) is 2.09. The molecule has 0 amide bonds. The van der Waals surface area contributed by atoms with Gasteiger partial charge in [0.1, 0.15) is 0 Å². The van der Waals surface area contributed by atoms with Gasteiger partial charge >= 0.3 is 0 Å². The van der Waals surface area contributed by atoms with Gasteiger partial charge < -0.3 is 5.73 Å². The fourth-order valence-electron chi connectivity index (χ4n) is 1.44. The van der Waals surface area contributed by atoms with Crippen molar-refractivity contribution in [3.8, 4) is 11.1 Å². The number of nitrogen functional groups attached to an aromatic ring is 1. The van der Waals surface area contributed by atoms with Gasteiger partial charge in [0.2, 0.25) is 0 Å². The molecule has 1 heterocycles.